The van der Waals surface area contributed by atoms with E-state index < -0.39 is 0 Å². The summed E-state index contributed by atoms with van der Waals surface area (Å²) in [6.07, 6.45) is 8.45. The van der Waals surface area contributed by atoms with E-state index in [2.05, 4.69) is 17.3 Å². The van der Waals surface area contributed by atoms with Crippen LogP contribution in [0.25, 0.3) is 5.69 Å². The molecule has 134 valence electrons. The zero-order valence-corrected chi connectivity index (χ0v) is 15.2. The highest BCUT2D eigenvalue weighted by atomic mass is 35.5. The van der Waals surface area contributed by atoms with E-state index in [4.69, 9.17) is 16.3 Å². The highest BCUT2D eigenvalue weighted by molar-refractivity contribution is 6.30. The Hall–Kier alpha value is -1.85. The lowest BCUT2D eigenvalue weighted by Crippen LogP contribution is -2.31. The molecule has 1 heterocycles. The molecular weight excluding hydrogens is 338 g/mol. The Labute approximate surface area is 153 Å². The molecule has 0 aliphatic heterocycles. The fraction of sp³-hybridized carbons (Fsp3) is 0.474. The Kier molecular flexibility index (Phi) is 6.10. The number of aromatic nitrogens is 2. The molecule has 1 aliphatic rings. The summed E-state index contributed by atoms with van der Waals surface area (Å²) in [5, 5.41) is 7.89. The van der Waals surface area contributed by atoms with Crippen molar-refractivity contribution in [1.29, 1.82) is 0 Å². The molecule has 1 aromatic heterocycles. The summed E-state index contributed by atoms with van der Waals surface area (Å²) in [6.45, 7) is 2.81. The molecule has 0 spiro atoms. The molecule has 1 fully saturated rings. The number of halogens is 1. The standard InChI is InChI=1S/C19H24ClN3O2/c1-14-3-2-4-18(9-14)25-13-19(24)21-10-15-11-22-23(12-15)17-7-5-16(20)6-8-17/h5-8,11-12,14,18H,2-4,9-10,13H2,1H3,(H,21,24). The van der Waals surface area contributed by atoms with Crippen LogP contribution in [-0.2, 0) is 16.1 Å². The second kappa shape index (κ2) is 8.50. The molecule has 0 saturated heterocycles. The van der Waals surface area contributed by atoms with Gasteiger partial charge in [-0.2, -0.15) is 5.10 Å². The molecule has 25 heavy (non-hydrogen) atoms. The molecule has 1 saturated carbocycles. The van der Waals surface area contributed by atoms with Crippen molar-refractivity contribution >= 4 is 17.5 Å². The SMILES string of the molecule is CC1CCCC(OCC(=O)NCc2cnn(-c3ccc(Cl)cc3)c2)C1. The lowest BCUT2D eigenvalue weighted by molar-refractivity contribution is -0.128. The Morgan fingerprint density at radius 3 is 2.92 bits per heavy atom. The quantitative estimate of drug-likeness (QED) is 0.852. The van der Waals surface area contributed by atoms with Crippen molar-refractivity contribution in [2.24, 2.45) is 5.92 Å². The minimum Gasteiger partial charge on any atom is -0.368 e. The first-order chi connectivity index (χ1) is 12.1. The van der Waals surface area contributed by atoms with Gasteiger partial charge in [0.05, 0.1) is 18.0 Å². The van der Waals surface area contributed by atoms with Gasteiger partial charge in [-0.25, -0.2) is 4.68 Å². The minimum atomic E-state index is -0.0857. The molecule has 2 aromatic rings. The predicted octanol–water partition coefficient (Wildman–Crippen LogP) is 3.74. The van der Waals surface area contributed by atoms with E-state index in [9.17, 15) is 4.79 Å². The van der Waals surface area contributed by atoms with Crippen molar-refractivity contribution in [3.8, 4) is 5.69 Å². The van der Waals surface area contributed by atoms with E-state index in [1.807, 2.05) is 30.5 Å². The summed E-state index contributed by atoms with van der Waals surface area (Å²) < 4.78 is 7.51. The van der Waals surface area contributed by atoms with Crippen LogP contribution < -0.4 is 5.32 Å². The van der Waals surface area contributed by atoms with E-state index in [-0.39, 0.29) is 18.6 Å². The molecule has 1 aliphatic carbocycles. The van der Waals surface area contributed by atoms with E-state index in [1.54, 1.807) is 10.9 Å². The van der Waals surface area contributed by atoms with E-state index in [0.29, 0.717) is 17.5 Å². The van der Waals surface area contributed by atoms with Gasteiger partial charge in [0, 0.05) is 23.3 Å². The third-order valence-electron chi connectivity index (χ3n) is 4.56. The van der Waals surface area contributed by atoms with Gasteiger partial charge in [-0.05, 0) is 43.0 Å². The third-order valence-corrected chi connectivity index (χ3v) is 4.81. The average molecular weight is 362 g/mol. The van der Waals surface area contributed by atoms with Gasteiger partial charge >= 0.3 is 0 Å². The highest BCUT2D eigenvalue weighted by Gasteiger charge is 2.20. The first-order valence-corrected chi connectivity index (χ1v) is 9.16. The van der Waals surface area contributed by atoms with Crippen molar-refractivity contribution < 1.29 is 9.53 Å². The highest BCUT2D eigenvalue weighted by Crippen LogP contribution is 2.25. The molecule has 2 unspecified atom stereocenters. The topological polar surface area (TPSA) is 56.1 Å². The number of carbonyl (C=O) groups is 1. The van der Waals surface area contributed by atoms with Crippen molar-refractivity contribution in [1.82, 2.24) is 15.1 Å². The van der Waals surface area contributed by atoms with E-state index >= 15 is 0 Å². The Morgan fingerprint density at radius 2 is 2.16 bits per heavy atom. The van der Waals surface area contributed by atoms with Crippen LogP contribution in [0.5, 0.6) is 0 Å². The second-order valence-electron chi connectivity index (χ2n) is 6.75. The molecule has 5 nitrogen and oxygen atoms in total. The van der Waals surface area contributed by atoms with Gasteiger partial charge in [0.1, 0.15) is 6.61 Å². The van der Waals surface area contributed by atoms with Gasteiger partial charge < -0.3 is 10.1 Å². The van der Waals surface area contributed by atoms with E-state index in [0.717, 1.165) is 24.1 Å². The summed E-state index contributed by atoms with van der Waals surface area (Å²) in [6, 6.07) is 7.44. The lowest BCUT2D eigenvalue weighted by Gasteiger charge is -2.26. The fourth-order valence-electron chi connectivity index (χ4n) is 3.16. The summed E-state index contributed by atoms with van der Waals surface area (Å²) in [4.78, 5) is 12.0. The molecule has 1 amide bonds. The van der Waals surface area contributed by atoms with Crippen LogP contribution in [0.1, 0.15) is 38.2 Å². The van der Waals surface area contributed by atoms with Crippen LogP contribution in [0.15, 0.2) is 36.7 Å². The van der Waals surface area contributed by atoms with Crippen LogP contribution in [0.2, 0.25) is 5.02 Å². The lowest BCUT2D eigenvalue weighted by atomic mass is 9.89. The zero-order chi connectivity index (χ0) is 17.6. The van der Waals surface area contributed by atoms with Crippen LogP contribution >= 0.6 is 11.6 Å². The summed E-state index contributed by atoms with van der Waals surface area (Å²) in [5.74, 6) is 0.609. The van der Waals surface area contributed by atoms with Crippen molar-refractivity contribution in [2.75, 3.05) is 6.61 Å². The Balaban J connectivity index is 1.44. The maximum absolute atomic E-state index is 12.0. The number of benzene rings is 1. The molecule has 3 rings (SSSR count). The van der Waals surface area contributed by atoms with Gasteiger partial charge in [0.2, 0.25) is 5.91 Å². The molecule has 2 atom stereocenters. The number of carbonyl (C=O) groups excluding carboxylic acids is 1. The van der Waals surface area contributed by atoms with Crippen LogP contribution in [-0.4, -0.2) is 28.4 Å². The summed E-state index contributed by atoms with van der Waals surface area (Å²) >= 11 is 5.89. The van der Waals surface area contributed by atoms with Gasteiger partial charge in [-0.3, -0.25) is 4.79 Å². The van der Waals surface area contributed by atoms with Gasteiger partial charge in [0.15, 0.2) is 0 Å². The van der Waals surface area contributed by atoms with Crippen molar-refractivity contribution in [3.05, 3.63) is 47.2 Å². The molecule has 6 heteroatoms. The number of ether oxygens (including phenoxy) is 1. The smallest absolute Gasteiger partial charge is 0.246 e. The monoisotopic (exact) mass is 361 g/mol. The average Bonchev–Trinajstić information content (AvgIpc) is 3.08. The number of hydrogen-bond acceptors (Lipinski definition) is 3. The number of nitrogens with zero attached hydrogens (tertiary/aromatic N) is 2. The second-order valence-corrected chi connectivity index (χ2v) is 7.19. The predicted molar refractivity (Wildman–Crippen MR) is 97.8 cm³/mol. The molecule has 1 N–H and O–H groups in total. The number of rotatable bonds is 6. The molecule has 1 aromatic carbocycles. The van der Waals surface area contributed by atoms with Crippen LogP contribution in [0.4, 0.5) is 0 Å². The van der Waals surface area contributed by atoms with Crippen molar-refractivity contribution in [2.45, 2.75) is 45.3 Å². The minimum absolute atomic E-state index is 0.0857. The first kappa shape index (κ1) is 18.0. The Morgan fingerprint density at radius 1 is 1.36 bits per heavy atom. The number of hydrogen-bond donors (Lipinski definition) is 1. The molecular formula is C19H24ClN3O2. The fourth-order valence-corrected chi connectivity index (χ4v) is 3.29. The van der Waals surface area contributed by atoms with Gasteiger partial charge in [-0.15, -0.1) is 0 Å². The van der Waals surface area contributed by atoms with Crippen LogP contribution in [0.3, 0.4) is 0 Å². The van der Waals surface area contributed by atoms with Gasteiger partial charge in [0.25, 0.3) is 0 Å². The maximum atomic E-state index is 12.0. The first-order valence-electron chi connectivity index (χ1n) is 8.78. The summed E-state index contributed by atoms with van der Waals surface area (Å²) in [7, 11) is 0. The number of amides is 1. The Bertz CT molecular complexity index is 699. The number of nitrogens with one attached hydrogen (secondary N) is 1. The third kappa shape index (κ3) is 5.31. The zero-order valence-electron chi connectivity index (χ0n) is 14.5. The molecule has 0 bridgehead atoms. The van der Waals surface area contributed by atoms with Crippen LogP contribution in [0, 0.1) is 5.92 Å². The van der Waals surface area contributed by atoms with E-state index in [1.165, 1.54) is 12.8 Å². The summed E-state index contributed by atoms with van der Waals surface area (Å²) in [5.41, 5.74) is 1.87. The largest absolute Gasteiger partial charge is 0.368 e. The normalized spacial score (nSPS) is 20.4. The molecule has 0 radical (unpaired) electrons. The van der Waals surface area contributed by atoms with Gasteiger partial charge in [-0.1, -0.05) is 31.4 Å². The van der Waals surface area contributed by atoms with Crippen molar-refractivity contribution in [3.63, 3.8) is 0 Å². The maximum Gasteiger partial charge on any atom is 0.246 e.